The van der Waals surface area contributed by atoms with Crippen molar-refractivity contribution >= 4 is 17.3 Å². The van der Waals surface area contributed by atoms with Crippen LogP contribution >= 0.6 is 11.6 Å². The zero-order chi connectivity index (χ0) is 14.5. The van der Waals surface area contributed by atoms with Crippen molar-refractivity contribution in [1.82, 2.24) is 9.78 Å². The number of hydrogen-bond acceptors (Lipinski definition) is 4. The van der Waals surface area contributed by atoms with Crippen LogP contribution < -0.4 is 14.8 Å². The fraction of sp³-hybridized carbons (Fsp3) is 0.357. The molecule has 0 fully saturated rings. The largest absolute Gasteiger partial charge is 0.495 e. The van der Waals surface area contributed by atoms with Gasteiger partial charge in [0.25, 0.3) is 0 Å². The van der Waals surface area contributed by atoms with E-state index in [-0.39, 0.29) is 0 Å². The van der Waals surface area contributed by atoms with Crippen molar-refractivity contribution < 1.29 is 9.47 Å². The van der Waals surface area contributed by atoms with Crippen LogP contribution in [0.1, 0.15) is 12.6 Å². The SMILES string of the molecule is CCn1nccc1CNc1cc(Cl)c(OC)cc1OC. The van der Waals surface area contributed by atoms with Crippen LogP contribution in [0.15, 0.2) is 24.4 Å². The molecular formula is C14H18ClN3O2. The van der Waals surface area contributed by atoms with E-state index in [9.17, 15) is 0 Å². The van der Waals surface area contributed by atoms with Gasteiger partial charge in [-0.3, -0.25) is 4.68 Å². The average molecular weight is 296 g/mol. The van der Waals surface area contributed by atoms with E-state index in [1.807, 2.05) is 10.7 Å². The summed E-state index contributed by atoms with van der Waals surface area (Å²) in [6.07, 6.45) is 1.79. The summed E-state index contributed by atoms with van der Waals surface area (Å²) in [5, 5.41) is 8.08. The van der Waals surface area contributed by atoms with Gasteiger partial charge in [0, 0.05) is 18.8 Å². The lowest BCUT2D eigenvalue weighted by Crippen LogP contribution is -2.08. The Bertz CT molecular complexity index is 584. The van der Waals surface area contributed by atoms with E-state index in [4.69, 9.17) is 21.1 Å². The molecule has 0 radical (unpaired) electrons. The monoisotopic (exact) mass is 295 g/mol. The number of hydrogen-bond donors (Lipinski definition) is 1. The molecule has 108 valence electrons. The van der Waals surface area contributed by atoms with E-state index < -0.39 is 0 Å². The van der Waals surface area contributed by atoms with Gasteiger partial charge in [0.2, 0.25) is 0 Å². The Morgan fingerprint density at radius 1 is 1.25 bits per heavy atom. The van der Waals surface area contributed by atoms with Gasteiger partial charge in [-0.05, 0) is 19.1 Å². The predicted octanol–water partition coefficient (Wildman–Crippen LogP) is 3.19. The van der Waals surface area contributed by atoms with Crippen LogP contribution in [0.25, 0.3) is 0 Å². The third-order valence-electron chi connectivity index (χ3n) is 3.04. The summed E-state index contributed by atoms with van der Waals surface area (Å²) < 4.78 is 12.5. The van der Waals surface area contributed by atoms with Gasteiger partial charge in [0.15, 0.2) is 0 Å². The Hall–Kier alpha value is -1.88. The molecule has 6 heteroatoms. The lowest BCUT2D eigenvalue weighted by atomic mass is 10.2. The van der Waals surface area contributed by atoms with Gasteiger partial charge in [-0.2, -0.15) is 5.10 Å². The molecule has 0 atom stereocenters. The smallest absolute Gasteiger partial charge is 0.145 e. The van der Waals surface area contributed by atoms with Crippen LogP contribution in [0.3, 0.4) is 0 Å². The van der Waals surface area contributed by atoms with Crippen LogP contribution in [0.4, 0.5) is 5.69 Å². The standard InChI is InChI=1S/C14H18ClN3O2/c1-4-18-10(5-6-17-18)9-16-12-7-11(15)13(19-2)8-14(12)20-3/h5-8,16H,4,9H2,1-3H3. The molecule has 20 heavy (non-hydrogen) atoms. The van der Waals surface area contributed by atoms with Crippen LogP contribution in [-0.4, -0.2) is 24.0 Å². The van der Waals surface area contributed by atoms with Crippen molar-refractivity contribution in [2.75, 3.05) is 19.5 Å². The van der Waals surface area contributed by atoms with Gasteiger partial charge in [0.05, 0.1) is 37.2 Å². The van der Waals surface area contributed by atoms with Gasteiger partial charge in [-0.1, -0.05) is 11.6 Å². The number of benzene rings is 1. The van der Waals surface area contributed by atoms with Gasteiger partial charge in [0.1, 0.15) is 11.5 Å². The number of anilines is 1. The third kappa shape index (κ3) is 2.99. The Morgan fingerprint density at radius 2 is 2.00 bits per heavy atom. The summed E-state index contributed by atoms with van der Waals surface area (Å²) in [4.78, 5) is 0. The molecule has 1 N–H and O–H groups in total. The van der Waals surface area contributed by atoms with Gasteiger partial charge in [-0.25, -0.2) is 0 Å². The molecule has 0 aliphatic carbocycles. The molecule has 1 aromatic carbocycles. The van der Waals surface area contributed by atoms with Crippen molar-refractivity contribution in [2.45, 2.75) is 20.0 Å². The maximum Gasteiger partial charge on any atom is 0.145 e. The molecule has 0 spiro atoms. The van der Waals surface area contributed by atoms with E-state index >= 15 is 0 Å². The molecule has 0 amide bonds. The summed E-state index contributed by atoms with van der Waals surface area (Å²) in [5.74, 6) is 1.28. The van der Waals surface area contributed by atoms with E-state index in [1.54, 1.807) is 32.5 Å². The lowest BCUT2D eigenvalue weighted by Gasteiger charge is -2.14. The van der Waals surface area contributed by atoms with Crippen LogP contribution in [-0.2, 0) is 13.1 Å². The third-order valence-corrected chi connectivity index (χ3v) is 3.33. The van der Waals surface area contributed by atoms with Gasteiger partial charge in [-0.15, -0.1) is 0 Å². The van der Waals surface area contributed by atoms with Crippen LogP contribution in [0.2, 0.25) is 5.02 Å². The quantitative estimate of drug-likeness (QED) is 0.889. The Morgan fingerprint density at radius 3 is 2.65 bits per heavy atom. The molecule has 0 unspecified atom stereocenters. The maximum absolute atomic E-state index is 6.14. The molecule has 0 saturated carbocycles. The molecule has 2 aromatic rings. The molecule has 0 aliphatic heterocycles. The van der Waals surface area contributed by atoms with E-state index in [2.05, 4.69) is 17.3 Å². The summed E-state index contributed by atoms with van der Waals surface area (Å²) in [6, 6.07) is 5.54. The highest BCUT2D eigenvalue weighted by atomic mass is 35.5. The van der Waals surface area contributed by atoms with Gasteiger partial charge < -0.3 is 14.8 Å². The molecule has 1 aromatic heterocycles. The predicted molar refractivity (Wildman–Crippen MR) is 79.8 cm³/mol. The second-order valence-electron chi connectivity index (χ2n) is 4.18. The maximum atomic E-state index is 6.14. The lowest BCUT2D eigenvalue weighted by molar-refractivity contribution is 0.395. The van der Waals surface area contributed by atoms with E-state index in [1.165, 1.54) is 0 Å². The van der Waals surface area contributed by atoms with Crippen molar-refractivity contribution in [2.24, 2.45) is 0 Å². The fourth-order valence-electron chi connectivity index (χ4n) is 1.98. The van der Waals surface area contributed by atoms with Crippen LogP contribution in [0, 0.1) is 0 Å². The van der Waals surface area contributed by atoms with Crippen molar-refractivity contribution in [3.05, 3.63) is 35.1 Å². The first kappa shape index (κ1) is 14.5. The van der Waals surface area contributed by atoms with Crippen molar-refractivity contribution in [3.63, 3.8) is 0 Å². The Kier molecular flexibility index (Phi) is 4.74. The highest BCUT2D eigenvalue weighted by Gasteiger charge is 2.10. The molecule has 0 saturated heterocycles. The van der Waals surface area contributed by atoms with Crippen molar-refractivity contribution in [3.8, 4) is 11.5 Å². The summed E-state index contributed by atoms with van der Waals surface area (Å²) in [6.45, 7) is 3.54. The number of aromatic nitrogens is 2. The highest BCUT2D eigenvalue weighted by Crippen LogP contribution is 2.36. The second-order valence-corrected chi connectivity index (χ2v) is 4.59. The average Bonchev–Trinajstić information content (AvgIpc) is 2.92. The number of nitrogens with zero attached hydrogens (tertiary/aromatic N) is 2. The minimum atomic E-state index is 0.541. The number of ether oxygens (including phenoxy) is 2. The zero-order valence-corrected chi connectivity index (χ0v) is 12.6. The molecule has 0 aliphatic rings. The molecule has 2 rings (SSSR count). The van der Waals surface area contributed by atoms with Crippen molar-refractivity contribution in [1.29, 1.82) is 0 Å². The fourth-order valence-corrected chi connectivity index (χ4v) is 2.22. The molecule has 1 heterocycles. The van der Waals surface area contributed by atoms with E-state index in [0.29, 0.717) is 23.1 Å². The second kappa shape index (κ2) is 6.52. The Labute approximate surface area is 123 Å². The first-order valence-corrected chi connectivity index (χ1v) is 6.73. The zero-order valence-electron chi connectivity index (χ0n) is 11.8. The topological polar surface area (TPSA) is 48.3 Å². The number of aryl methyl sites for hydroxylation is 1. The van der Waals surface area contributed by atoms with E-state index in [0.717, 1.165) is 17.9 Å². The number of methoxy groups -OCH3 is 2. The number of rotatable bonds is 6. The van der Waals surface area contributed by atoms with Crippen LogP contribution in [0.5, 0.6) is 11.5 Å². The summed E-state index contributed by atoms with van der Waals surface area (Å²) >= 11 is 6.14. The number of halogens is 1. The molecule has 5 nitrogen and oxygen atoms in total. The number of nitrogens with one attached hydrogen (secondary N) is 1. The highest BCUT2D eigenvalue weighted by molar-refractivity contribution is 6.32. The normalized spacial score (nSPS) is 10.4. The first-order chi connectivity index (χ1) is 9.69. The summed E-state index contributed by atoms with van der Waals surface area (Å²) in [5.41, 5.74) is 1.92. The first-order valence-electron chi connectivity index (χ1n) is 6.35. The minimum Gasteiger partial charge on any atom is -0.495 e. The minimum absolute atomic E-state index is 0.541. The van der Waals surface area contributed by atoms with Gasteiger partial charge >= 0.3 is 0 Å². The Balaban J connectivity index is 2.18. The summed E-state index contributed by atoms with van der Waals surface area (Å²) in [7, 11) is 3.19. The molecule has 0 bridgehead atoms. The molecular weight excluding hydrogens is 278 g/mol.